The molecule has 1 aromatic heterocycles. The van der Waals surface area contributed by atoms with Gasteiger partial charge in [0.05, 0.1) is 31.6 Å². The van der Waals surface area contributed by atoms with Crippen LogP contribution in [0.15, 0.2) is 54.6 Å². The highest BCUT2D eigenvalue weighted by atomic mass is 35.5. The molecule has 3 rings (SSSR count). The maximum absolute atomic E-state index is 9.59. The standard InChI is InChI=1S/C18H17ClN2O2/c1-23-17-7-5-13(6-8-17)11-21-16(12-22)10-18(20-21)14-3-2-4-15(19)9-14/h2-10,22H,11-12H2,1H3. The number of hydrogen-bond donors (Lipinski definition) is 1. The van der Waals surface area contributed by atoms with Gasteiger partial charge in [-0.25, -0.2) is 0 Å². The molecule has 0 atom stereocenters. The largest absolute Gasteiger partial charge is 0.497 e. The van der Waals surface area contributed by atoms with Gasteiger partial charge < -0.3 is 9.84 Å². The van der Waals surface area contributed by atoms with E-state index in [1.165, 1.54) is 0 Å². The van der Waals surface area contributed by atoms with Gasteiger partial charge in [0.2, 0.25) is 0 Å². The van der Waals surface area contributed by atoms with Gasteiger partial charge in [-0.05, 0) is 35.9 Å². The SMILES string of the molecule is COc1ccc(Cn2nc(-c3cccc(Cl)c3)cc2CO)cc1. The molecule has 0 radical (unpaired) electrons. The Morgan fingerprint density at radius 2 is 1.91 bits per heavy atom. The number of aliphatic hydroxyl groups excluding tert-OH is 1. The van der Waals surface area contributed by atoms with E-state index in [0.29, 0.717) is 11.6 Å². The van der Waals surface area contributed by atoms with Crippen LogP contribution >= 0.6 is 11.6 Å². The predicted octanol–water partition coefficient (Wildman–Crippen LogP) is 3.75. The topological polar surface area (TPSA) is 47.3 Å². The fourth-order valence-electron chi connectivity index (χ4n) is 2.41. The van der Waals surface area contributed by atoms with Crippen LogP contribution in [0.2, 0.25) is 5.02 Å². The molecule has 23 heavy (non-hydrogen) atoms. The quantitative estimate of drug-likeness (QED) is 0.776. The zero-order chi connectivity index (χ0) is 16.2. The van der Waals surface area contributed by atoms with Crippen molar-refractivity contribution in [3.8, 4) is 17.0 Å². The molecule has 0 aliphatic heterocycles. The number of methoxy groups -OCH3 is 1. The Morgan fingerprint density at radius 1 is 1.13 bits per heavy atom. The second-order valence-corrected chi connectivity index (χ2v) is 5.63. The van der Waals surface area contributed by atoms with Crippen LogP contribution in [0.5, 0.6) is 5.75 Å². The van der Waals surface area contributed by atoms with Gasteiger partial charge in [0.15, 0.2) is 0 Å². The van der Waals surface area contributed by atoms with Crippen LogP contribution in [-0.2, 0) is 13.2 Å². The first-order valence-corrected chi connectivity index (χ1v) is 7.64. The Bertz CT molecular complexity index is 797. The van der Waals surface area contributed by atoms with Crippen molar-refractivity contribution in [1.82, 2.24) is 9.78 Å². The van der Waals surface area contributed by atoms with Gasteiger partial charge in [-0.2, -0.15) is 5.10 Å². The number of halogens is 1. The lowest BCUT2D eigenvalue weighted by molar-refractivity contribution is 0.269. The van der Waals surface area contributed by atoms with Crippen LogP contribution in [0, 0.1) is 0 Å². The minimum absolute atomic E-state index is 0.0658. The van der Waals surface area contributed by atoms with Crippen molar-refractivity contribution in [3.05, 3.63) is 70.9 Å². The number of nitrogens with zero attached hydrogens (tertiary/aromatic N) is 2. The molecule has 118 valence electrons. The minimum Gasteiger partial charge on any atom is -0.497 e. The summed E-state index contributed by atoms with van der Waals surface area (Å²) in [5.41, 5.74) is 3.57. The molecule has 2 aromatic carbocycles. The van der Waals surface area contributed by atoms with Crippen molar-refractivity contribution in [3.63, 3.8) is 0 Å². The molecule has 0 saturated heterocycles. The summed E-state index contributed by atoms with van der Waals surface area (Å²) in [5.74, 6) is 0.816. The second-order valence-electron chi connectivity index (χ2n) is 5.20. The van der Waals surface area contributed by atoms with Crippen LogP contribution in [0.4, 0.5) is 0 Å². The summed E-state index contributed by atoms with van der Waals surface area (Å²) in [6.07, 6.45) is 0. The lowest BCUT2D eigenvalue weighted by atomic mass is 10.1. The average molecular weight is 329 g/mol. The van der Waals surface area contributed by atoms with Gasteiger partial charge in [-0.1, -0.05) is 35.9 Å². The molecule has 1 heterocycles. The molecule has 0 aliphatic rings. The Labute approximate surface area is 139 Å². The van der Waals surface area contributed by atoms with E-state index in [-0.39, 0.29) is 6.61 Å². The molecule has 0 spiro atoms. The van der Waals surface area contributed by atoms with Gasteiger partial charge in [0.1, 0.15) is 5.75 Å². The van der Waals surface area contributed by atoms with E-state index < -0.39 is 0 Å². The molecule has 0 fully saturated rings. The molecule has 4 nitrogen and oxygen atoms in total. The highest BCUT2D eigenvalue weighted by Gasteiger charge is 2.10. The van der Waals surface area contributed by atoms with Crippen LogP contribution in [0.25, 0.3) is 11.3 Å². The summed E-state index contributed by atoms with van der Waals surface area (Å²) in [5, 5.41) is 14.8. The van der Waals surface area contributed by atoms with Gasteiger partial charge in [0, 0.05) is 10.6 Å². The Kier molecular flexibility index (Phi) is 4.65. The zero-order valence-corrected chi connectivity index (χ0v) is 13.5. The average Bonchev–Trinajstić information content (AvgIpc) is 2.98. The number of aromatic nitrogens is 2. The summed E-state index contributed by atoms with van der Waals surface area (Å²) >= 11 is 6.04. The minimum atomic E-state index is -0.0658. The van der Waals surface area contributed by atoms with Crippen molar-refractivity contribution in [2.75, 3.05) is 7.11 Å². The highest BCUT2D eigenvalue weighted by Crippen LogP contribution is 2.23. The fraction of sp³-hybridized carbons (Fsp3) is 0.167. The molecule has 0 amide bonds. The third-order valence-corrected chi connectivity index (χ3v) is 3.87. The van der Waals surface area contributed by atoms with Crippen molar-refractivity contribution in [2.24, 2.45) is 0 Å². The van der Waals surface area contributed by atoms with Crippen molar-refractivity contribution in [1.29, 1.82) is 0 Å². The summed E-state index contributed by atoms with van der Waals surface area (Å²) in [7, 11) is 1.64. The van der Waals surface area contributed by atoms with E-state index in [0.717, 1.165) is 28.3 Å². The summed E-state index contributed by atoms with van der Waals surface area (Å²) in [6.45, 7) is 0.518. The maximum atomic E-state index is 9.59. The number of rotatable bonds is 5. The first kappa shape index (κ1) is 15.6. The van der Waals surface area contributed by atoms with Gasteiger partial charge in [-0.15, -0.1) is 0 Å². The number of benzene rings is 2. The predicted molar refractivity (Wildman–Crippen MR) is 90.7 cm³/mol. The Morgan fingerprint density at radius 3 is 2.57 bits per heavy atom. The molecule has 0 unspecified atom stereocenters. The first-order valence-electron chi connectivity index (χ1n) is 7.26. The third kappa shape index (κ3) is 3.55. The summed E-state index contributed by atoms with van der Waals surface area (Å²) in [4.78, 5) is 0. The fourth-order valence-corrected chi connectivity index (χ4v) is 2.60. The maximum Gasteiger partial charge on any atom is 0.118 e. The molecule has 3 aromatic rings. The van der Waals surface area contributed by atoms with Crippen molar-refractivity contribution >= 4 is 11.6 Å². The lowest BCUT2D eigenvalue weighted by Crippen LogP contribution is -2.06. The van der Waals surface area contributed by atoms with Crippen molar-refractivity contribution < 1.29 is 9.84 Å². The van der Waals surface area contributed by atoms with Gasteiger partial charge >= 0.3 is 0 Å². The van der Waals surface area contributed by atoms with Crippen LogP contribution in [0.3, 0.4) is 0 Å². The monoisotopic (exact) mass is 328 g/mol. The molecule has 1 N–H and O–H groups in total. The second kappa shape index (κ2) is 6.86. The van der Waals surface area contributed by atoms with Crippen molar-refractivity contribution in [2.45, 2.75) is 13.2 Å². The van der Waals surface area contributed by atoms with E-state index in [9.17, 15) is 5.11 Å². The van der Waals surface area contributed by atoms with Crippen LogP contribution < -0.4 is 4.74 Å². The molecule has 0 saturated carbocycles. The molecule has 0 aliphatic carbocycles. The molecular weight excluding hydrogens is 312 g/mol. The summed E-state index contributed by atoms with van der Waals surface area (Å²) < 4.78 is 6.97. The van der Waals surface area contributed by atoms with Crippen LogP contribution in [0.1, 0.15) is 11.3 Å². The number of hydrogen-bond acceptors (Lipinski definition) is 3. The van der Waals surface area contributed by atoms with E-state index in [1.54, 1.807) is 11.8 Å². The van der Waals surface area contributed by atoms with E-state index in [4.69, 9.17) is 16.3 Å². The van der Waals surface area contributed by atoms with E-state index in [1.807, 2.05) is 54.6 Å². The first-order chi connectivity index (χ1) is 11.2. The normalized spacial score (nSPS) is 10.7. The third-order valence-electron chi connectivity index (χ3n) is 3.64. The van der Waals surface area contributed by atoms with Crippen LogP contribution in [-0.4, -0.2) is 22.0 Å². The summed E-state index contributed by atoms with van der Waals surface area (Å²) in [6, 6.07) is 17.2. The van der Waals surface area contributed by atoms with E-state index in [2.05, 4.69) is 5.10 Å². The molecule has 0 bridgehead atoms. The van der Waals surface area contributed by atoms with Gasteiger partial charge in [-0.3, -0.25) is 4.68 Å². The van der Waals surface area contributed by atoms with Gasteiger partial charge in [0.25, 0.3) is 0 Å². The number of ether oxygens (including phenoxy) is 1. The van der Waals surface area contributed by atoms with E-state index >= 15 is 0 Å². The highest BCUT2D eigenvalue weighted by molar-refractivity contribution is 6.30. The smallest absolute Gasteiger partial charge is 0.118 e. The Hall–Kier alpha value is -2.30. The molecular formula is C18H17ClN2O2. The molecule has 5 heteroatoms. The lowest BCUT2D eigenvalue weighted by Gasteiger charge is -2.06. The zero-order valence-electron chi connectivity index (χ0n) is 12.7. The number of aliphatic hydroxyl groups is 1. The Balaban J connectivity index is 1.89.